The van der Waals surface area contributed by atoms with Crippen LogP contribution in [0.15, 0.2) is 24.3 Å². The van der Waals surface area contributed by atoms with E-state index in [9.17, 15) is 9.18 Å². The van der Waals surface area contributed by atoms with Crippen molar-refractivity contribution in [1.29, 1.82) is 0 Å². The van der Waals surface area contributed by atoms with Crippen LogP contribution in [0.2, 0.25) is 0 Å². The number of nitrogens with zero attached hydrogens (tertiary/aromatic N) is 1. The third-order valence-electron chi connectivity index (χ3n) is 3.54. The van der Waals surface area contributed by atoms with Crippen LogP contribution < -0.4 is 10.5 Å². The number of likely N-dealkylation sites (N-methyl/N-ethyl adjacent to an activating group) is 1. The van der Waals surface area contributed by atoms with Crippen LogP contribution in [-0.4, -0.2) is 49.8 Å². The van der Waals surface area contributed by atoms with Crippen molar-refractivity contribution >= 4 is 18.3 Å². The van der Waals surface area contributed by atoms with E-state index in [4.69, 9.17) is 15.2 Å². The van der Waals surface area contributed by atoms with E-state index in [0.29, 0.717) is 19.5 Å². The van der Waals surface area contributed by atoms with Gasteiger partial charge in [-0.15, -0.1) is 12.4 Å². The molecule has 0 aromatic heterocycles. The molecule has 7 heteroatoms. The predicted molar refractivity (Wildman–Crippen MR) is 83.7 cm³/mol. The highest BCUT2D eigenvalue weighted by molar-refractivity contribution is 5.85. The summed E-state index contributed by atoms with van der Waals surface area (Å²) in [5.41, 5.74) is 5.53. The zero-order valence-electron chi connectivity index (χ0n) is 12.5. The number of rotatable bonds is 6. The maximum atomic E-state index is 13.4. The number of nitrogens with two attached hydrogens (primary N) is 1. The molecule has 124 valence electrons. The highest BCUT2D eigenvalue weighted by atomic mass is 35.5. The molecule has 1 aromatic carbocycles. The van der Waals surface area contributed by atoms with Gasteiger partial charge in [0, 0.05) is 13.6 Å². The maximum Gasteiger partial charge on any atom is 0.251 e. The van der Waals surface area contributed by atoms with Crippen LogP contribution in [0.1, 0.15) is 12.8 Å². The minimum absolute atomic E-state index is 0. The predicted octanol–water partition coefficient (Wildman–Crippen LogP) is 1.59. The average molecular weight is 333 g/mol. The second kappa shape index (κ2) is 8.92. The van der Waals surface area contributed by atoms with Gasteiger partial charge in [-0.2, -0.15) is 0 Å². The number of benzene rings is 1. The Hall–Kier alpha value is -1.37. The fraction of sp³-hybridized carbons (Fsp3) is 0.533. The molecule has 0 aliphatic carbocycles. The second-order valence-electron chi connectivity index (χ2n) is 5.10. The molecule has 2 N–H and O–H groups in total. The Morgan fingerprint density at radius 1 is 1.45 bits per heavy atom. The van der Waals surface area contributed by atoms with Gasteiger partial charge in [-0.1, -0.05) is 12.1 Å². The van der Waals surface area contributed by atoms with Gasteiger partial charge in [0.15, 0.2) is 11.6 Å². The minimum Gasteiger partial charge on any atom is -0.489 e. The molecule has 1 aliphatic rings. The van der Waals surface area contributed by atoms with Gasteiger partial charge in [0.25, 0.3) is 5.91 Å². The van der Waals surface area contributed by atoms with E-state index in [1.165, 1.54) is 6.07 Å². The van der Waals surface area contributed by atoms with Gasteiger partial charge in [-0.05, 0) is 25.0 Å². The van der Waals surface area contributed by atoms with E-state index >= 15 is 0 Å². The van der Waals surface area contributed by atoms with Crippen molar-refractivity contribution in [2.75, 3.05) is 26.7 Å². The lowest BCUT2D eigenvalue weighted by Gasteiger charge is -2.21. The molecule has 0 saturated carbocycles. The van der Waals surface area contributed by atoms with Gasteiger partial charge in [-0.25, -0.2) is 4.39 Å². The molecule has 1 heterocycles. The summed E-state index contributed by atoms with van der Waals surface area (Å²) in [7, 11) is 1.69. The highest BCUT2D eigenvalue weighted by Crippen LogP contribution is 2.20. The molecular weight excluding hydrogens is 311 g/mol. The van der Waals surface area contributed by atoms with Crippen LogP contribution in [0.25, 0.3) is 0 Å². The summed E-state index contributed by atoms with van der Waals surface area (Å²) < 4.78 is 24.3. The van der Waals surface area contributed by atoms with Gasteiger partial charge < -0.3 is 20.1 Å². The molecule has 1 aromatic rings. The van der Waals surface area contributed by atoms with Crippen LogP contribution in [0.5, 0.6) is 5.75 Å². The van der Waals surface area contributed by atoms with Crippen molar-refractivity contribution in [3.8, 4) is 5.75 Å². The third-order valence-corrected chi connectivity index (χ3v) is 3.54. The van der Waals surface area contributed by atoms with Crippen LogP contribution in [-0.2, 0) is 9.53 Å². The maximum absolute atomic E-state index is 13.4. The zero-order valence-corrected chi connectivity index (χ0v) is 13.4. The van der Waals surface area contributed by atoms with Crippen molar-refractivity contribution in [3.05, 3.63) is 30.1 Å². The summed E-state index contributed by atoms with van der Waals surface area (Å²) in [5.74, 6) is -0.293. The number of halogens is 2. The number of para-hydroxylation sites is 1. The number of ether oxygens (including phenoxy) is 2. The zero-order chi connectivity index (χ0) is 15.2. The number of hydrogen-bond donors (Lipinski definition) is 1. The first-order valence-corrected chi connectivity index (χ1v) is 7.09. The fourth-order valence-electron chi connectivity index (χ4n) is 2.27. The lowest BCUT2D eigenvalue weighted by Crippen LogP contribution is -2.39. The average Bonchev–Trinajstić information content (AvgIpc) is 2.97. The monoisotopic (exact) mass is 332 g/mol. The first-order valence-electron chi connectivity index (χ1n) is 7.09. The van der Waals surface area contributed by atoms with Crippen molar-refractivity contribution in [2.45, 2.75) is 25.0 Å². The lowest BCUT2D eigenvalue weighted by molar-refractivity contribution is -0.141. The first kappa shape index (κ1) is 18.7. The molecule has 2 atom stereocenters. The SMILES string of the molecule is CN(CCOc1ccccc1F)C(=O)[C@@H]1CC[C@H](CN)O1.Cl. The number of carbonyl (C=O) groups is 1. The van der Waals surface area contributed by atoms with Gasteiger partial charge >= 0.3 is 0 Å². The molecule has 22 heavy (non-hydrogen) atoms. The van der Waals surface area contributed by atoms with Crippen molar-refractivity contribution in [3.63, 3.8) is 0 Å². The van der Waals surface area contributed by atoms with E-state index in [1.807, 2.05) is 0 Å². The highest BCUT2D eigenvalue weighted by Gasteiger charge is 2.31. The molecule has 0 bridgehead atoms. The summed E-state index contributed by atoms with van der Waals surface area (Å²) in [6, 6.07) is 6.20. The van der Waals surface area contributed by atoms with E-state index in [2.05, 4.69) is 0 Å². The molecule has 0 radical (unpaired) electrons. The molecule has 2 rings (SSSR count). The molecule has 0 unspecified atom stereocenters. The standard InChI is InChI=1S/C15H21FN2O3.ClH/c1-18(15(19)14-7-6-11(10-17)21-14)8-9-20-13-5-3-2-4-12(13)16;/h2-5,11,14H,6-10,17H2,1H3;1H/t11-,14+;/m1./s1. The van der Waals surface area contributed by atoms with Gasteiger partial charge in [0.05, 0.1) is 12.6 Å². The van der Waals surface area contributed by atoms with Gasteiger partial charge in [0.1, 0.15) is 12.7 Å². The Kier molecular flexibility index (Phi) is 7.58. The van der Waals surface area contributed by atoms with E-state index in [1.54, 1.807) is 30.1 Å². The lowest BCUT2D eigenvalue weighted by atomic mass is 10.2. The topological polar surface area (TPSA) is 64.8 Å². The van der Waals surface area contributed by atoms with Gasteiger partial charge in [0.2, 0.25) is 0 Å². The quantitative estimate of drug-likeness (QED) is 0.859. The smallest absolute Gasteiger partial charge is 0.251 e. The van der Waals surface area contributed by atoms with Crippen molar-refractivity contribution in [2.24, 2.45) is 5.73 Å². The molecule has 5 nitrogen and oxygen atoms in total. The van der Waals surface area contributed by atoms with E-state index in [-0.39, 0.29) is 36.8 Å². The summed E-state index contributed by atoms with van der Waals surface area (Å²) in [4.78, 5) is 13.7. The van der Waals surface area contributed by atoms with Crippen molar-refractivity contribution < 1.29 is 18.7 Å². The van der Waals surface area contributed by atoms with E-state index < -0.39 is 11.9 Å². The third kappa shape index (κ3) is 4.83. The number of carbonyl (C=O) groups excluding carboxylic acids is 1. The van der Waals surface area contributed by atoms with Crippen LogP contribution >= 0.6 is 12.4 Å². The molecule has 0 spiro atoms. The number of hydrogen-bond acceptors (Lipinski definition) is 4. The fourth-order valence-corrected chi connectivity index (χ4v) is 2.27. The first-order chi connectivity index (χ1) is 10.1. The summed E-state index contributed by atoms with van der Waals surface area (Å²) in [6.45, 7) is 1.04. The molecule has 1 fully saturated rings. The molecule has 1 saturated heterocycles. The van der Waals surface area contributed by atoms with E-state index in [0.717, 1.165) is 6.42 Å². The Bertz CT molecular complexity index is 490. The Morgan fingerprint density at radius 3 is 2.82 bits per heavy atom. The molecule has 1 amide bonds. The minimum atomic E-state index is -0.419. The van der Waals surface area contributed by atoms with Crippen LogP contribution in [0, 0.1) is 5.82 Å². The summed E-state index contributed by atoms with van der Waals surface area (Å²) in [6.07, 6.45) is 1.06. The Morgan fingerprint density at radius 2 is 2.18 bits per heavy atom. The Labute approximate surface area is 136 Å². The second-order valence-corrected chi connectivity index (χ2v) is 5.10. The normalized spacial score (nSPS) is 20.3. The summed E-state index contributed by atoms with van der Waals surface area (Å²) >= 11 is 0. The summed E-state index contributed by atoms with van der Waals surface area (Å²) in [5, 5.41) is 0. The van der Waals surface area contributed by atoms with Gasteiger partial charge in [-0.3, -0.25) is 4.79 Å². The van der Waals surface area contributed by atoms with Crippen LogP contribution in [0.4, 0.5) is 4.39 Å². The van der Waals surface area contributed by atoms with Crippen molar-refractivity contribution in [1.82, 2.24) is 4.90 Å². The Balaban J connectivity index is 0.00000242. The van der Waals surface area contributed by atoms with Crippen LogP contribution in [0.3, 0.4) is 0 Å². The number of amides is 1. The molecular formula is C15H22ClFN2O3. The largest absolute Gasteiger partial charge is 0.489 e. The molecule has 1 aliphatic heterocycles.